The second-order valence-corrected chi connectivity index (χ2v) is 9.78. The molecule has 2 aromatic heterocycles. The van der Waals surface area contributed by atoms with Gasteiger partial charge in [0.05, 0.1) is 18.5 Å². The van der Waals surface area contributed by atoms with Gasteiger partial charge in [0.1, 0.15) is 0 Å². The minimum absolute atomic E-state index is 0.0261. The van der Waals surface area contributed by atoms with E-state index in [9.17, 15) is 4.79 Å². The highest BCUT2D eigenvalue weighted by atomic mass is 16.7. The summed E-state index contributed by atoms with van der Waals surface area (Å²) in [5.41, 5.74) is 7.97. The lowest BCUT2D eigenvalue weighted by molar-refractivity contribution is 0.171. The monoisotopic (exact) mass is 498 g/mol. The van der Waals surface area contributed by atoms with Crippen LogP contribution in [0.5, 0.6) is 17.2 Å². The Bertz CT molecular complexity index is 1570. The normalized spacial score (nSPS) is 14.6. The van der Waals surface area contributed by atoms with Crippen LogP contribution in [0.1, 0.15) is 28.2 Å². The first-order chi connectivity index (χ1) is 17.9. The molecule has 0 N–H and O–H groups in total. The molecule has 2 aliphatic rings. The first kappa shape index (κ1) is 23.4. The number of ether oxygens (including phenoxy) is 3. The van der Waals surface area contributed by atoms with Gasteiger partial charge in [0.2, 0.25) is 12.5 Å². The van der Waals surface area contributed by atoms with Crippen LogP contribution in [-0.4, -0.2) is 39.7 Å². The van der Waals surface area contributed by atoms with Crippen LogP contribution in [0.3, 0.4) is 0 Å². The van der Waals surface area contributed by atoms with Gasteiger partial charge in [0, 0.05) is 50.1 Å². The molecule has 0 aliphatic carbocycles. The van der Waals surface area contributed by atoms with Crippen molar-refractivity contribution in [3.05, 3.63) is 87.1 Å². The van der Waals surface area contributed by atoms with Crippen molar-refractivity contribution in [3.8, 4) is 34.1 Å². The fourth-order valence-electron chi connectivity index (χ4n) is 5.46. The molecule has 0 unspecified atom stereocenters. The van der Waals surface area contributed by atoms with Crippen molar-refractivity contribution in [3.63, 3.8) is 0 Å². The second kappa shape index (κ2) is 9.12. The lowest BCUT2D eigenvalue weighted by Crippen LogP contribution is -2.35. The molecular weight excluding hydrogens is 468 g/mol. The number of pyridine rings is 1. The fourth-order valence-corrected chi connectivity index (χ4v) is 5.46. The van der Waals surface area contributed by atoms with E-state index >= 15 is 0 Å². The minimum Gasteiger partial charge on any atom is -0.493 e. The highest BCUT2D eigenvalue weighted by molar-refractivity contribution is 5.66. The molecule has 0 radical (unpaired) electrons. The maximum Gasteiger partial charge on any atom is 0.258 e. The standard InChI is InChI=1S/C29H30N4O4/c1-18-10-19(2)33(30-18)23-7-5-6-21(13-23)24-14-22-16-32(9-8-25(22)31(3)29(24)34)15-20-11-26(35-4)28-27(12-20)36-17-37-28/h5-7,10-14H,8-9,15-17H2,1-4H3. The quantitative estimate of drug-likeness (QED) is 0.412. The average molecular weight is 499 g/mol. The van der Waals surface area contributed by atoms with Gasteiger partial charge in [0.25, 0.3) is 5.56 Å². The van der Waals surface area contributed by atoms with Crippen LogP contribution < -0.4 is 19.8 Å². The molecule has 0 saturated heterocycles. The van der Waals surface area contributed by atoms with E-state index in [0.29, 0.717) is 17.1 Å². The summed E-state index contributed by atoms with van der Waals surface area (Å²) in [6.07, 6.45) is 0.814. The summed E-state index contributed by atoms with van der Waals surface area (Å²) in [4.78, 5) is 15.8. The molecule has 190 valence electrons. The lowest BCUT2D eigenvalue weighted by atomic mass is 9.98. The van der Waals surface area contributed by atoms with E-state index in [1.807, 2.05) is 66.5 Å². The Balaban J connectivity index is 1.31. The molecule has 0 saturated carbocycles. The first-order valence-electron chi connectivity index (χ1n) is 12.5. The van der Waals surface area contributed by atoms with Crippen molar-refractivity contribution in [2.24, 2.45) is 7.05 Å². The van der Waals surface area contributed by atoms with Crippen molar-refractivity contribution in [2.75, 3.05) is 20.4 Å². The van der Waals surface area contributed by atoms with Gasteiger partial charge in [-0.05, 0) is 66.9 Å². The van der Waals surface area contributed by atoms with Crippen molar-refractivity contribution >= 4 is 0 Å². The Morgan fingerprint density at radius 2 is 1.95 bits per heavy atom. The van der Waals surface area contributed by atoms with Gasteiger partial charge in [-0.25, -0.2) is 4.68 Å². The lowest BCUT2D eigenvalue weighted by Gasteiger charge is -2.30. The zero-order valence-corrected chi connectivity index (χ0v) is 21.6. The van der Waals surface area contributed by atoms with Gasteiger partial charge in [-0.3, -0.25) is 9.69 Å². The molecular formula is C29H30N4O4. The first-order valence-corrected chi connectivity index (χ1v) is 12.5. The van der Waals surface area contributed by atoms with Gasteiger partial charge in [-0.2, -0.15) is 5.10 Å². The SMILES string of the molecule is COc1cc(CN2CCc3c(cc(-c4cccc(-n5nc(C)cc5C)c4)c(=O)n3C)C2)cc2c1OCO2. The van der Waals surface area contributed by atoms with Crippen molar-refractivity contribution in [1.29, 1.82) is 0 Å². The number of hydrogen-bond donors (Lipinski definition) is 0. The van der Waals surface area contributed by atoms with E-state index in [1.54, 1.807) is 7.11 Å². The number of aromatic nitrogens is 3. The number of aryl methyl sites for hydroxylation is 2. The van der Waals surface area contributed by atoms with Gasteiger partial charge < -0.3 is 18.8 Å². The van der Waals surface area contributed by atoms with Gasteiger partial charge in [-0.1, -0.05) is 12.1 Å². The van der Waals surface area contributed by atoms with Crippen LogP contribution >= 0.6 is 0 Å². The van der Waals surface area contributed by atoms with Crippen LogP contribution in [0.15, 0.2) is 53.3 Å². The van der Waals surface area contributed by atoms with E-state index < -0.39 is 0 Å². The maximum absolute atomic E-state index is 13.4. The fraction of sp³-hybridized carbons (Fsp3) is 0.310. The summed E-state index contributed by atoms with van der Waals surface area (Å²) in [5, 5.41) is 4.61. The van der Waals surface area contributed by atoms with Crippen LogP contribution in [0.2, 0.25) is 0 Å². The molecule has 0 fully saturated rings. The maximum atomic E-state index is 13.4. The number of hydrogen-bond acceptors (Lipinski definition) is 6. The summed E-state index contributed by atoms with van der Waals surface area (Å²) >= 11 is 0. The summed E-state index contributed by atoms with van der Waals surface area (Å²) in [6, 6.07) is 16.2. The largest absolute Gasteiger partial charge is 0.493 e. The average Bonchev–Trinajstić information content (AvgIpc) is 3.51. The molecule has 8 heteroatoms. The number of rotatable bonds is 5. The Labute approximate surface area is 215 Å². The predicted octanol–water partition coefficient (Wildman–Crippen LogP) is 4.15. The number of fused-ring (bicyclic) bond motifs is 2. The molecule has 0 spiro atoms. The molecule has 0 bridgehead atoms. The molecule has 6 rings (SSSR count). The molecule has 2 aliphatic heterocycles. The zero-order chi connectivity index (χ0) is 25.7. The molecule has 2 aromatic carbocycles. The van der Waals surface area contributed by atoms with Crippen molar-refractivity contribution in [2.45, 2.75) is 33.4 Å². The second-order valence-electron chi connectivity index (χ2n) is 9.78. The summed E-state index contributed by atoms with van der Waals surface area (Å²) in [5.74, 6) is 2.08. The highest BCUT2D eigenvalue weighted by Gasteiger charge is 2.24. The Morgan fingerprint density at radius 3 is 2.73 bits per heavy atom. The number of methoxy groups -OCH3 is 1. The van der Waals surface area contributed by atoms with E-state index in [-0.39, 0.29) is 12.4 Å². The van der Waals surface area contributed by atoms with Gasteiger partial charge >= 0.3 is 0 Å². The summed E-state index contributed by atoms with van der Waals surface area (Å²) in [6.45, 7) is 6.60. The summed E-state index contributed by atoms with van der Waals surface area (Å²) in [7, 11) is 3.53. The minimum atomic E-state index is 0.0261. The Kier molecular flexibility index (Phi) is 5.76. The van der Waals surface area contributed by atoms with Crippen molar-refractivity contribution < 1.29 is 14.2 Å². The molecule has 4 aromatic rings. The third-order valence-electron chi connectivity index (χ3n) is 7.22. The number of nitrogens with zero attached hydrogens (tertiary/aromatic N) is 4. The molecule has 0 amide bonds. The van der Waals surface area contributed by atoms with Gasteiger partial charge in [0.15, 0.2) is 11.5 Å². The zero-order valence-electron chi connectivity index (χ0n) is 21.6. The number of benzene rings is 2. The third-order valence-corrected chi connectivity index (χ3v) is 7.22. The van der Waals surface area contributed by atoms with Gasteiger partial charge in [-0.15, -0.1) is 0 Å². The van der Waals surface area contributed by atoms with E-state index in [1.165, 1.54) is 5.56 Å². The third kappa shape index (κ3) is 4.17. The van der Waals surface area contributed by atoms with Crippen LogP contribution in [0.25, 0.3) is 16.8 Å². The summed E-state index contributed by atoms with van der Waals surface area (Å²) < 4.78 is 20.4. The molecule has 0 atom stereocenters. The van der Waals surface area contributed by atoms with Crippen LogP contribution in [0, 0.1) is 13.8 Å². The smallest absolute Gasteiger partial charge is 0.258 e. The van der Waals surface area contributed by atoms with E-state index in [2.05, 4.69) is 22.1 Å². The highest BCUT2D eigenvalue weighted by Crippen LogP contribution is 2.42. The van der Waals surface area contributed by atoms with E-state index in [0.717, 1.165) is 65.7 Å². The molecule has 4 heterocycles. The van der Waals surface area contributed by atoms with Crippen LogP contribution in [-0.2, 0) is 26.6 Å². The van der Waals surface area contributed by atoms with Crippen molar-refractivity contribution in [1.82, 2.24) is 19.2 Å². The topological polar surface area (TPSA) is 70.8 Å². The Morgan fingerprint density at radius 1 is 1.08 bits per heavy atom. The predicted molar refractivity (Wildman–Crippen MR) is 141 cm³/mol. The molecule has 37 heavy (non-hydrogen) atoms. The molecule has 8 nitrogen and oxygen atoms in total. The Hall–Kier alpha value is -4.04. The van der Waals surface area contributed by atoms with Crippen LogP contribution in [0.4, 0.5) is 0 Å². The van der Waals surface area contributed by atoms with E-state index in [4.69, 9.17) is 14.2 Å².